The summed E-state index contributed by atoms with van der Waals surface area (Å²) in [6, 6.07) is 16.8. The maximum Gasteiger partial charge on any atom is 0.143 e. The molecular formula is C17H17N3. The molecule has 0 bridgehead atoms. The van der Waals surface area contributed by atoms with Crippen LogP contribution in [0.5, 0.6) is 0 Å². The molecule has 3 heteroatoms. The van der Waals surface area contributed by atoms with E-state index in [1.54, 1.807) is 0 Å². The average molecular weight is 263 g/mol. The molecule has 0 aliphatic heterocycles. The molecule has 3 aromatic rings. The number of hydrogen-bond donors (Lipinski definition) is 1. The number of benzene rings is 2. The normalized spacial score (nSPS) is 10.9. The number of nitrogens with zero attached hydrogens (tertiary/aromatic N) is 2. The van der Waals surface area contributed by atoms with Crippen molar-refractivity contribution >= 4 is 10.8 Å². The molecule has 100 valence electrons. The Morgan fingerprint density at radius 3 is 2.55 bits per heavy atom. The number of nitrogens with one attached hydrogen (secondary N) is 1. The lowest BCUT2D eigenvalue weighted by Gasteiger charge is -2.07. The summed E-state index contributed by atoms with van der Waals surface area (Å²) in [7, 11) is 1.90. The van der Waals surface area contributed by atoms with E-state index in [0.717, 1.165) is 22.8 Å². The van der Waals surface area contributed by atoms with E-state index in [1.807, 2.05) is 20.0 Å². The standard InChI is InChI=1S/C17H17N3/c1-12-9-16(20-17(19-12)11-18-2)15-8-7-13-5-3-4-6-14(13)10-15/h3-10,18H,11H2,1-2H3. The topological polar surface area (TPSA) is 37.8 Å². The highest BCUT2D eigenvalue weighted by Gasteiger charge is 2.05. The molecule has 0 atom stereocenters. The molecule has 0 saturated carbocycles. The number of hydrogen-bond acceptors (Lipinski definition) is 3. The molecule has 3 nitrogen and oxygen atoms in total. The van der Waals surface area contributed by atoms with E-state index in [2.05, 4.69) is 57.7 Å². The first-order chi connectivity index (χ1) is 9.76. The summed E-state index contributed by atoms with van der Waals surface area (Å²) >= 11 is 0. The molecule has 20 heavy (non-hydrogen) atoms. The van der Waals surface area contributed by atoms with Crippen LogP contribution in [0, 0.1) is 6.92 Å². The van der Waals surface area contributed by atoms with Gasteiger partial charge >= 0.3 is 0 Å². The second-order valence-corrected chi connectivity index (χ2v) is 4.90. The van der Waals surface area contributed by atoms with Crippen LogP contribution in [0.2, 0.25) is 0 Å². The van der Waals surface area contributed by atoms with Crippen LogP contribution < -0.4 is 5.32 Å². The van der Waals surface area contributed by atoms with Crippen molar-refractivity contribution in [3.05, 3.63) is 60.0 Å². The summed E-state index contributed by atoms with van der Waals surface area (Å²) in [6.45, 7) is 2.69. The highest BCUT2D eigenvalue weighted by Crippen LogP contribution is 2.23. The Kier molecular flexibility index (Phi) is 3.44. The fourth-order valence-corrected chi connectivity index (χ4v) is 2.36. The lowest BCUT2D eigenvalue weighted by atomic mass is 10.0. The summed E-state index contributed by atoms with van der Waals surface area (Å²) in [5.74, 6) is 0.829. The van der Waals surface area contributed by atoms with Gasteiger partial charge in [-0.1, -0.05) is 36.4 Å². The Morgan fingerprint density at radius 1 is 0.950 bits per heavy atom. The van der Waals surface area contributed by atoms with Gasteiger partial charge in [0.15, 0.2) is 0 Å². The maximum atomic E-state index is 4.63. The van der Waals surface area contributed by atoms with E-state index in [1.165, 1.54) is 10.8 Å². The predicted octanol–water partition coefficient (Wildman–Crippen LogP) is 3.32. The van der Waals surface area contributed by atoms with E-state index in [-0.39, 0.29) is 0 Å². The molecule has 0 aliphatic carbocycles. The summed E-state index contributed by atoms with van der Waals surface area (Å²) in [4.78, 5) is 9.06. The first-order valence-electron chi connectivity index (χ1n) is 6.74. The molecule has 1 N–H and O–H groups in total. The molecule has 0 radical (unpaired) electrons. The van der Waals surface area contributed by atoms with Crippen LogP contribution in [0.4, 0.5) is 0 Å². The zero-order valence-corrected chi connectivity index (χ0v) is 11.7. The Balaban J connectivity index is 2.10. The third-order valence-electron chi connectivity index (χ3n) is 3.28. The largest absolute Gasteiger partial charge is 0.313 e. The third-order valence-corrected chi connectivity index (χ3v) is 3.28. The second kappa shape index (κ2) is 5.39. The van der Waals surface area contributed by atoms with Crippen molar-refractivity contribution in [1.82, 2.24) is 15.3 Å². The Hall–Kier alpha value is -2.26. The fourth-order valence-electron chi connectivity index (χ4n) is 2.36. The van der Waals surface area contributed by atoms with Crippen LogP contribution in [-0.4, -0.2) is 17.0 Å². The van der Waals surface area contributed by atoms with E-state index < -0.39 is 0 Å². The van der Waals surface area contributed by atoms with Crippen LogP contribution in [0.25, 0.3) is 22.0 Å². The van der Waals surface area contributed by atoms with Gasteiger partial charge in [-0.05, 0) is 36.9 Å². The van der Waals surface area contributed by atoms with Crippen LogP contribution in [0.3, 0.4) is 0 Å². The molecule has 3 rings (SSSR count). The van der Waals surface area contributed by atoms with Crippen molar-refractivity contribution in [2.45, 2.75) is 13.5 Å². The highest BCUT2D eigenvalue weighted by atomic mass is 15.0. The Bertz CT molecular complexity index is 750. The summed E-state index contributed by atoms with van der Waals surface area (Å²) in [5, 5.41) is 5.57. The van der Waals surface area contributed by atoms with E-state index in [4.69, 9.17) is 0 Å². The average Bonchev–Trinajstić information content (AvgIpc) is 2.46. The number of fused-ring (bicyclic) bond motifs is 1. The van der Waals surface area contributed by atoms with Gasteiger partial charge in [-0.3, -0.25) is 0 Å². The van der Waals surface area contributed by atoms with E-state index in [0.29, 0.717) is 6.54 Å². The quantitative estimate of drug-likeness (QED) is 0.787. The zero-order valence-electron chi connectivity index (χ0n) is 11.7. The molecule has 0 spiro atoms. The number of rotatable bonds is 3. The first kappa shape index (κ1) is 12.8. The van der Waals surface area contributed by atoms with Crippen LogP contribution in [0.1, 0.15) is 11.5 Å². The lowest BCUT2D eigenvalue weighted by molar-refractivity contribution is 0.754. The predicted molar refractivity (Wildman–Crippen MR) is 82.5 cm³/mol. The highest BCUT2D eigenvalue weighted by molar-refractivity contribution is 5.86. The molecule has 0 unspecified atom stereocenters. The van der Waals surface area contributed by atoms with Crippen LogP contribution in [-0.2, 0) is 6.54 Å². The molecule has 0 amide bonds. The Labute approximate surface area is 118 Å². The second-order valence-electron chi connectivity index (χ2n) is 4.90. The van der Waals surface area contributed by atoms with Gasteiger partial charge in [-0.25, -0.2) is 9.97 Å². The van der Waals surface area contributed by atoms with Crippen molar-refractivity contribution < 1.29 is 0 Å². The SMILES string of the molecule is CNCc1nc(C)cc(-c2ccc3ccccc3c2)n1. The number of aromatic nitrogens is 2. The monoisotopic (exact) mass is 263 g/mol. The van der Waals surface area contributed by atoms with Gasteiger partial charge in [0, 0.05) is 11.3 Å². The smallest absolute Gasteiger partial charge is 0.143 e. The molecular weight excluding hydrogens is 246 g/mol. The third kappa shape index (κ3) is 2.53. The minimum atomic E-state index is 0.683. The van der Waals surface area contributed by atoms with Crippen molar-refractivity contribution in [2.75, 3.05) is 7.05 Å². The van der Waals surface area contributed by atoms with Crippen molar-refractivity contribution in [1.29, 1.82) is 0 Å². The van der Waals surface area contributed by atoms with Crippen molar-refractivity contribution in [3.63, 3.8) is 0 Å². The lowest BCUT2D eigenvalue weighted by Crippen LogP contribution is -2.10. The minimum Gasteiger partial charge on any atom is -0.313 e. The molecule has 1 heterocycles. The van der Waals surface area contributed by atoms with Gasteiger partial charge in [0.1, 0.15) is 5.82 Å². The van der Waals surface area contributed by atoms with Crippen molar-refractivity contribution in [2.24, 2.45) is 0 Å². The summed E-state index contributed by atoms with van der Waals surface area (Å²) < 4.78 is 0. The summed E-state index contributed by atoms with van der Waals surface area (Å²) in [5.41, 5.74) is 3.11. The Morgan fingerprint density at radius 2 is 1.75 bits per heavy atom. The molecule has 0 fully saturated rings. The first-order valence-corrected chi connectivity index (χ1v) is 6.74. The van der Waals surface area contributed by atoms with Gasteiger partial charge in [0.25, 0.3) is 0 Å². The number of aryl methyl sites for hydroxylation is 1. The van der Waals surface area contributed by atoms with Crippen molar-refractivity contribution in [3.8, 4) is 11.3 Å². The molecule has 2 aromatic carbocycles. The fraction of sp³-hybridized carbons (Fsp3) is 0.176. The van der Waals surface area contributed by atoms with E-state index in [9.17, 15) is 0 Å². The zero-order chi connectivity index (χ0) is 13.9. The molecule has 1 aromatic heterocycles. The van der Waals surface area contributed by atoms with Crippen LogP contribution in [0.15, 0.2) is 48.5 Å². The van der Waals surface area contributed by atoms with Crippen LogP contribution >= 0.6 is 0 Å². The van der Waals surface area contributed by atoms with Gasteiger partial charge in [0.2, 0.25) is 0 Å². The van der Waals surface area contributed by atoms with Gasteiger partial charge in [-0.15, -0.1) is 0 Å². The summed E-state index contributed by atoms with van der Waals surface area (Å²) in [6.07, 6.45) is 0. The minimum absolute atomic E-state index is 0.683. The maximum absolute atomic E-state index is 4.63. The molecule has 0 aliphatic rings. The van der Waals surface area contributed by atoms with Gasteiger partial charge < -0.3 is 5.32 Å². The van der Waals surface area contributed by atoms with Gasteiger partial charge in [0.05, 0.1) is 12.2 Å². The molecule has 0 saturated heterocycles. The van der Waals surface area contributed by atoms with Gasteiger partial charge in [-0.2, -0.15) is 0 Å². The van der Waals surface area contributed by atoms with E-state index >= 15 is 0 Å².